The molecule has 1 aliphatic rings. The SMILES string of the molecule is C=CC(=O)N1C[C@@H](n2cc(-c3cccnc3)nn2)[C@H](OCc2ccc(Br)cc2)C1. The Kier molecular flexibility index (Phi) is 5.82. The lowest BCUT2D eigenvalue weighted by atomic mass is 10.2. The Morgan fingerprint density at radius 3 is 2.83 bits per heavy atom. The minimum atomic E-state index is -0.203. The van der Waals surface area contributed by atoms with Gasteiger partial charge < -0.3 is 9.64 Å². The third-order valence-corrected chi connectivity index (χ3v) is 5.44. The molecule has 3 heterocycles. The highest BCUT2D eigenvalue weighted by Gasteiger charge is 2.37. The lowest BCUT2D eigenvalue weighted by Crippen LogP contribution is -2.28. The van der Waals surface area contributed by atoms with Crippen LogP contribution in [0.15, 0.2) is 72.1 Å². The smallest absolute Gasteiger partial charge is 0.246 e. The summed E-state index contributed by atoms with van der Waals surface area (Å²) in [6.45, 7) is 5.02. The van der Waals surface area contributed by atoms with Crippen molar-refractivity contribution < 1.29 is 9.53 Å². The van der Waals surface area contributed by atoms with Crippen LogP contribution in [0.5, 0.6) is 0 Å². The van der Waals surface area contributed by atoms with E-state index in [4.69, 9.17) is 4.74 Å². The maximum Gasteiger partial charge on any atom is 0.246 e. The van der Waals surface area contributed by atoms with E-state index in [9.17, 15) is 4.79 Å². The summed E-state index contributed by atoms with van der Waals surface area (Å²) in [5, 5.41) is 8.57. The maximum absolute atomic E-state index is 12.2. The summed E-state index contributed by atoms with van der Waals surface area (Å²) >= 11 is 3.44. The molecule has 1 aromatic carbocycles. The van der Waals surface area contributed by atoms with Crippen molar-refractivity contribution in [2.45, 2.75) is 18.8 Å². The maximum atomic E-state index is 12.2. The second-order valence-electron chi connectivity index (χ2n) is 6.82. The Morgan fingerprint density at radius 1 is 1.28 bits per heavy atom. The Labute approximate surface area is 177 Å². The van der Waals surface area contributed by atoms with Crippen LogP contribution in [0.1, 0.15) is 11.6 Å². The van der Waals surface area contributed by atoms with Crippen molar-refractivity contribution in [2.75, 3.05) is 13.1 Å². The molecule has 4 rings (SSSR count). The van der Waals surface area contributed by atoms with Gasteiger partial charge in [-0.2, -0.15) is 0 Å². The van der Waals surface area contributed by atoms with Crippen LogP contribution in [0.25, 0.3) is 11.3 Å². The first kappa shape index (κ1) is 19.5. The number of hydrogen-bond acceptors (Lipinski definition) is 5. The van der Waals surface area contributed by atoms with Gasteiger partial charge in [-0.05, 0) is 35.9 Å². The second kappa shape index (κ2) is 8.67. The normalized spacial score (nSPS) is 18.7. The van der Waals surface area contributed by atoms with Crippen LogP contribution < -0.4 is 0 Å². The minimum Gasteiger partial charge on any atom is -0.369 e. The highest BCUT2D eigenvalue weighted by molar-refractivity contribution is 9.10. The van der Waals surface area contributed by atoms with E-state index in [2.05, 4.69) is 37.8 Å². The summed E-state index contributed by atoms with van der Waals surface area (Å²) in [6.07, 6.45) is 6.47. The van der Waals surface area contributed by atoms with Crippen molar-refractivity contribution in [1.82, 2.24) is 24.9 Å². The van der Waals surface area contributed by atoms with Gasteiger partial charge >= 0.3 is 0 Å². The van der Waals surface area contributed by atoms with Crippen LogP contribution in [0.3, 0.4) is 0 Å². The molecule has 8 heteroatoms. The number of benzene rings is 1. The summed E-state index contributed by atoms with van der Waals surface area (Å²) in [7, 11) is 0. The van der Waals surface area contributed by atoms with Gasteiger partial charge in [0.25, 0.3) is 0 Å². The molecule has 7 nitrogen and oxygen atoms in total. The zero-order chi connectivity index (χ0) is 20.2. The van der Waals surface area contributed by atoms with Gasteiger partial charge in [-0.25, -0.2) is 4.68 Å². The van der Waals surface area contributed by atoms with Crippen LogP contribution >= 0.6 is 15.9 Å². The summed E-state index contributed by atoms with van der Waals surface area (Å²) in [4.78, 5) is 18.0. The number of aromatic nitrogens is 4. The molecule has 0 unspecified atom stereocenters. The van der Waals surface area contributed by atoms with Crippen LogP contribution in [0, 0.1) is 0 Å². The van der Waals surface area contributed by atoms with Crippen molar-refractivity contribution in [1.29, 1.82) is 0 Å². The topological polar surface area (TPSA) is 73.1 Å². The first-order valence-corrected chi connectivity index (χ1v) is 10.0. The number of hydrogen-bond donors (Lipinski definition) is 0. The second-order valence-corrected chi connectivity index (χ2v) is 7.73. The van der Waals surface area contributed by atoms with E-state index >= 15 is 0 Å². The molecule has 0 N–H and O–H groups in total. The van der Waals surface area contributed by atoms with Crippen LogP contribution in [-0.4, -0.2) is 50.0 Å². The van der Waals surface area contributed by atoms with Gasteiger partial charge in [0.05, 0.1) is 24.9 Å². The zero-order valence-electron chi connectivity index (χ0n) is 15.7. The molecule has 0 radical (unpaired) electrons. The summed E-state index contributed by atoms with van der Waals surface area (Å²) in [5.41, 5.74) is 2.69. The van der Waals surface area contributed by atoms with Crippen LogP contribution in [0.4, 0.5) is 0 Å². The van der Waals surface area contributed by atoms with Crippen molar-refractivity contribution in [2.24, 2.45) is 0 Å². The Bertz CT molecular complexity index is 990. The monoisotopic (exact) mass is 453 g/mol. The summed E-state index contributed by atoms with van der Waals surface area (Å²) in [5.74, 6) is -0.114. The molecule has 2 atom stereocenters. The van der Waals surface area contributed by atoms with Gasteiger partial charge in [0, 0.05) is 35.5 Å². The van der Waals surface area contributed by atoms with Gasteiger partial charge in [-0.15, -0.1) is 5.10 Å². The molecule has 0 saturated carbocycles. The van der Waals surface area contributed by atoms with Crippen LogP contribution in [0.2, 0.25) is 0 Å². The van der Waals surface area contributed by atoms with E-state index in [1.54, 1.807) is 22.0 Å². The summed E-state index contributed by atoms with van der Waals surface area (Å²) < 4.78 is 9.00. The Hall–Kier alpha value is -2.84. The highest BCUT2D eigenvalue weighted by Crippen LogP contribution is 2.27. The van der Waals surface area contributed by atoms with Gasteiger partial charge in [-0.1, -0.05) is 39.9 Å². The lowest BCUT2D eigenvalue weighted by Gasteiger charge is -2.18. The molecule has 1 aliphatic heterocycles. The number of carbonyl (C=O) groups excluding carboxylic acids is 1. The number of amides is 1. The predicted molar refractivity (Wildman–Crippen MR) is 112 cm³/mol. The standard InChI is InChI=1S/C21H20BrN5O2/c1-2-21(28)26-12-19(20(13-26)29-14-15-5-7-17(22)8-6-15)27-11-18(24-25-27)16-4-3-9-23-10-16/h2-11,19-20H,1,12-14H2/t19-,20-/m1/s1. The highest BCUT2D eigenvalue weighted by atomic mass is 79.9. The van der Waals surface area contributed by atoms with E-state index in [-0.39, 0.29) is 18.1 Å². The van der Waals surface area contributed by atoms with E-state index in [1.807, 2.05) is 42.6 Å². The molecule has 0 bridgehead atoms. The first-order valence-electron chi connectivity index (χ1n) is 9.23. The van der Waals surface area contributed by atoms with Crippen molar-refractivity contribution in [3.63, 3.8) is 0 Å². The van der Waals surface area contributed by atoms with Crippen molar-refractivity contribution in [3.8, 4) is 11.3 Å². The van der Waals surface area contributed by atoms with Crippen molar-refractivity contribution in [3.05, 3.63) is 77.7 Å². The van der Waals surface area contributed by atoms with Crippen molar-refractivity contribution >= 4 is 21.8 Å². The number of likely N-dealkylation sites (tertiary alicyclic amines) is 1. The fourth-order valence-electron chi connectivity index (χ4n) is 3.35. The molecule has 29 heavy (non-hydrogen) atoms. The van der Waals surface area contributed by atoms with E-state index < -0.39 is 0 Å². The van der Waals surface area contributed by atoms with Gasteiger partial charge in [-0.3, -0.25) is 9.78 Å². The number of rotatable bonds is 6. The van der Waals surface area contributed by atoms with Crippen LogP contribution in [-0.2, 0) is 16.1 Å². The van der Waals surface area contributed by atoms with Gasteiger partial charge in [0.15, 0.2) is 0 Å². The average Bonchev–Trinajstić information content (AvgIpc) is 3.41. The Morgan fingerprint density at radius 2 is 2.10 bits per heavy atom. The number of halogens is 1. The minimum absolute atomic E-state index is 0.114. The number of ether oxygens (including phenoxy) is 1. The number of nitrogens with zero attached hydrogens (tertiary/aromatic N) is 5. The number of carbonyl (C=O) groups is 1. The largest absolute Gasteiger partial charge is 0.369 e. The fraction of sp³-hybridized carbons (Fsp3) is 0.238. The molecular weight excluding hydrogens is 434 g/mol. The molecule has 1 fully saturated rings. The molecular formula is C21H20BrN5O2. The molecule has 0 spiro atoms. The molecule has 1 amide bonds. The van der Waals surface area contributed by atoms with E-state index in [0.717, 1.165) is 21.3 Å². The first-order chi connectivity index (χ1) is 14.1. The zero-order valence-corrected chi connectivity index (χ0v) is 17.3. The molecule has 3 aromatic rings. The molecule has 0 aliphatic carbocycles. The fourth-order valence-corrected chi connectivity index (χ4v) is 3.62. The third kappa shape index (κ3) is 4.44. The summed E-state index contributed by atoms with van der Waals surface area (Å²) in [6, 6.07) is 11.6. The number of pyridine rings is 1. The third-order valence-electron chi connectivity index (χ3n) is 4.91. The average molecular weight is 454 g/mol. The predicted octanol–water partition coefficient (Wildman–Crippen LogP) is 3.26. The molecule has 1 saturated heterocycles. The lowest BCUT2D eigenvalue weighted by molar-refractivity contribution is -0.125. The van der Waals surface area contributed by atoms with Gasteiger partial charge in [0.2, 0.25) is 5.91 Å². The quantitative estimate of drug-likeness (QED) is 0.535. The van der Waals surface area contributed by atoms with E-state index in [1.165, 1.54) is 6.08 Å². The van der Waals surface area contributed by atoms with Gasteiger partial charge in [0.1, 0.15) is 5.69 Å². The molecule has 2 aromatic heterocycles. The molecule has 148 valence electrons. The van der Waals surface area contributed by atoms with E-state index in [0.29, 0.717) is 19.7 Å². The Balaban J connectivity index is 1.53.